The van der Waals surface area contributed by atoms with Gasteiger partial charge in [-0.15, -0.1) is 0 Å². The molecule has 8 nitrogen and oxygen atoms in total. The highest BCUT2D eigenvalue weighted by Gasteiger charge is 2.56. The second-order valence-corrected chi connectivity index (χ2v) is 11.1. The fourth-order valence-corrected chi connectivity index (χ4v) is 5.74. The van der Waals surface area contributed by atoms with Gasteiger partial charge in [-0.2, -0.15) is 18.4 Å². The second-order valence-electron chi connectivity index (χ2n) is 11.1. The number of anilines is 3. The molecule has 5 rings (SSSR count). The zero-order valence-electron chi connectivity index (χ0n) is 21.4. The minimum Gasteiger partial charge on any atom is -0.350 e. The molecule has 2 fully saturated rings. The topological polar surface area (TPSA) is 89.2 Å². The molecule has 0 bridgehead atoms. The first kappa shape index (κ1) is 25.2. The number of carbonyl (C=O) groups excluding carboxylic acids is 1. The standard InChI is InChI=1S/C26H30F3N7O/c1-16-13-35(23(37)24(3,4)26(27,28)29)17(2)12-34(16)21-20-22(33-15-32-21)36(14-25(20)7-5-8-25)19-10-18(11-30)6-9-31-19/h6,9-10,15-17H,5,7-8,12-14H2,1-4H3/t16-,17+/m0/s1. The largest absolute Gasteiger partial charge is 0.402 e. The van der Waals surface area contributed by atoms with E-state index in [2.05, 4.69) is 25.9 Å². The number of fused-ring (bicyclic) bond motifs is 2. The predicted molar refractivity (Wildman–Crippen MR) is 131 cm³/mol. The summed E-state index contributed by atoms with van der Waals surface area (Å²) in [5.74, 6) is 1.27. The molecule has 2 atom stereocenters. The van der Waals surface area contributed by atoms with Crippen LogP contribution in [0.3, 0.4) is 0 Å². The van der Waals surface area contributed by atoms with E-state index in [1.54, 1.807) is 25.3 Å². The number of rotatable bonds is 3. The lowest BCUT2D eigenvalue weighted by molar-refractivity contribution is -0.218. The quantitative estimate of drug-likeness (QED) is 0.604. The SMILES string of the molecule is C[C@@H]1CN(c2ncnc3c2C2(CCC2)CN3c2cc(C#N)ccn2)[C@@H](C)CN1C(=O)C(C)(C)C(F)(F)F. The van der Waals surface area contributed by atoms with E-state index < -0.39 is 23.5 Å². The molecule has 2 aromatic rings. The lowest BCUT2D eigenvalue weighted by atomic mass is 9.66. The Hall–Kier alpha value is -3.42. The monoisotopic (exact) mass is 513 g/mol. The molecule has 0 radical (unpaired) electrons. The number of piperazine rings is 1. The lowest BCUT2D eigenvalue weighted by Gasteiger charge is -2.48. The maximum atomic E-state index is 13.6. The van der Waals surface area contributed by atoms with Crippen molar-refractivity contribution < 1.29 is 18.0 Å². The number of pyridine rings is 1. The van der Waals surface area contributed by atoms with Crippen LogP contribution in [-0.2, 0) is 10.2 Å². The van der Waals surface area contributed by atoms with Crippen LogP contribution in [0, 0.1) is 16.7 Å². The number of hydrogen-bond acceptors (Lipinski definition) is 7. The third-order valence-corrected chi connectivity index (χ3v) is 8.28. The highest BCUT2D eigenvalue weighted by atomic mass is 19.4. The number of carbonyl (C=O) groups is 1. The van der Waals surface area contributed by atoms with Crippen LogP contribution in [-0.4, -0.2) is 63.7 Å². The second kappa shape index (κ2) is 8.57. The van der Waals surface area contributed by atoms with Crippen LogP contribution in [0.15, 0.2) is 24.7 Å². The molecule has 1 saturated carbocycles. The average Bonchev–Trinajstić information content (AvgIpc) is 3.20. The van der Waals surface area contributed by atoms with E-state index in [1.807, 2.05) is 11.8 Å². The first-order valence-corrected chi connectivity index (χ1v) is 12.5. The van der Waals surface area contributed by atoms with Gasteiger partial charge in [0.2, 0.25) is 5.91 Å². The summed E-state index contributed by atoms with van der Waals surface area (Å²) in [7, 11) is 0. The van der Waals surface area contributed by atoms with Crippen molar-refractivity contribution in [1.29, 1.82) is 5.26 Å². The molecule has 196 valence electrons. The van der Waals surface area contributed by atoms with Gasteiger partial charge in [-0.25, -0.2) is 15.0 Å². The van der Waals surface area contributed by atoms with E-state index >= 15 is 0 Å². The summed E-state index contributed by atoms with van der Waals surface area (Å²) in [5, 5.41) is 9.36. The molecule has 37 heavy (non-hydrogen) atoms. The summed E-state index contributed by atoms with van der Waals surface area (Å²) in [6.45, 7) is 6.80. The molecule has 1 spiro atoms. The summed E-state index contributed by atoms with van der Waals surface area (Å²) in [6.07, 6.45) is 1.51. The zero-order chi connectivity index (χ0) is 26.8. The minimum absolute atomic E-state index is 0.148. The molecular formula is C26H30F3N7O. The molecule has 4 heterocycles. The van der Waals surface area contributed by atoms with E-state index in [0.29, 0.717) is 24.5 Å². The summed E-state index contributed by atoms with van der Waals surface area (Å²) in [4.78, 5) is 32.3. The number of amides is 1. The van der Waals surface area contributed by atoms with Crippen molar-refractivity contribution >= 4 is 23.4 Å². The number of nitrogens with zero attached hydrogens (tertiary/aromatic N) is 7. The average molecular weight is 514 g/mol. The van der Waals surface area contributed by atoms with Crippen molar-refractivity contribution in [1.82, 2.24) is 19.9 Å². The van der Waals surface area contributed by atoms with Gasteiger partial charge in [0.25, 0.3) is 0 Å². The first-order valence-electron chi connectivity index (χ1n) is 12.5. The van der Waals surface area contributed by atoms with Crippen LogP contribution in [0.5, 0.6) is 0 Å². The van der Waals surface area contributed by atoms with Crippen molar-refractivity contribution in [3.8, 4) is 6.07 Å². The maximum Gasteiger partial charge on any atom is 0.402 e. The Bertz CT molecular complexity index is 1270. The van der Waals surface area contributed by atoms with Crippen LogP contribution < -0.4 is 9.80 Å². The fourth-order valence-electron chi connectivity index (χ4n) is 5.74. The molecule has 1 aliphatic carbocycles. The number of nitriles is 1. The first-order chi connectivity index (χ1) is 17.4. The lowest BCUT2D eigenvalue weighted by Crippen LogP contribution is -2.62. The number of aromatic nitrogens is 3. The van der Waals surface area contributed by atoms with Gasteiger partial charge in [0.15, 0.2) is 0 Å². The Labute approximate surface area is 214 Å². The third kappa shape index (κ3) is 3.88. The van der Waals surface area contributed by atoms with Gasteiger partial charge in [0, 0.05) is 48.9 Å². The van der Waals surface area contributed by atoms with Crippen molar-refractivity contribution in [2.24, 2.45) is 5.41 Å². The Morgan fingerprint density at radius 2 is 1.81 bits per heavy atom. The van der Waals surface area contributed by atoms with Crippen molar-refractivity contribution in [3.63, 3.8) is 0 Å². The molecule has 0 aromatic carbocycles. The molecule has 1 amide bonds. The molecule has 1 saturated heterocycles. The summed E-state index contributed by atoms with van der Waals surface area (Å²) >= 11 is 0. The predicted octanol–water partition coefficient (Wildman–Crippen LogP) is 4.33. The molecule has 2 aliphatic heterocycles. The van der Waals surface area contributed by atoms with Crippen LogP contribution in [0.2, 0.25) is 0 Å². The van der Waals surface area contributed by atoms with Crippen LogP contribution >= 0.6 is 0 Å². The van der Waals surface area contributed by atoms with Crippen LogP contribution in [0.1, 0.15) is 58.1 Å². The normalized spacial score (nSPS) is 23.0. The molecular weight excluding hydrogens is 483 g/mol. The van der Waals surface area contributed by atoms with Gasteiger partial charge < -0.3 is 14.7 Å². The molecule has 2 aromatic heterocycles. The van der Waals surface area contributed by atoms with E-state index in [4.69, 9.17) is 0 Å². The zero-order valence-corrected chi connectivity index (χ0v) is 21.4. The van der Waals surface area contributed by atoms with E-state index in [9.17, 15) is 23.2 Å². The van der Waals surface area contributed by atoms with Crippen LogP contribution in [0.25, 0.3) is 0 Å². The van der Waals surface area contributed by atoms with Gasteiger partial charge in [0.1, 0.15) is 29.2 Å². The van der Waals surface area contributed by atoms with E-state index in [0.717, 1.165) is 50.3 Å². The Kier molecular flexibility index (Phi) is 5.84. The van der Waals surface area contributed by atoms with Crippen molar-refractivity contribution in [3.05, 3.63) is 35.8 Å². The maximum absolute atomic E-state index is 13.6. The van der Waals surface area contributed by atoms with Crippen molar-refractivity contribution in [2.75, 3.05) is 29.4 Å². The summed E-state index contributed by atoms with van der Waals surface area (Å²) in [6, 6.07) is 4.90. The number of halogens is 3. The number of hydrogen-bond donors (Lipinski definition) is 0. The molecule has 0 unspecified atom stereocenters. The van der Waals surface area contributed by atoms with Gasteiger partial charge in [-0.1, -0.05) is 6.42 Å². The summed E-state index contributed by atoms with van der Waals surface area (Å²) < 4.78 is 40.8. The number of alkyl halides is 3. The Morgan fingerprint density at radius 1 is 1.11 bits per heavy atom. The molecule has 3 aliphatic rings. The highest BCUT2D eigenvalue weighted by molar-refractivity contribution is 5.83. The van der Waals surface area contributed by atoms with E-state index in [-0.39, 0.29) is 18.0 Å². The molecule has 11 heteroatoms. The summed E-state index contributed by atoms with van der Waals surface area (Å²) in [5.41, 5.74) is -1.06. The van der Waals surface area contributed by atoms with Crippen molar-refractivity contribution in [2.45, 2.75) is 70.6 Å². The molecule has 0 N–H and O–H groups in total. The Morgan fingerprint density at radius 3 is 2.43 bits per heavy atom. The van der Waals surface area contributed by atoms with Gasteiger partial charge in [-0.3, -0.25) is 4.79 Å². The fraction of sp³-hybridized carbons (Fsp3) is 0.577. The van der Waals surface area contributed by atoms with Gasteiger partial charge in [0.05, 0.1) is 11.6 Å². The van der Waals surface area contributed by atoms with Gasteiger partial charge >= 0.3 is 6.18 Å². The van der Waals surface area contributed by atoms with Gasteiger partial charge in [-0.05, 0) is 52.7 Å². The third-order valence-electron chi connectivity index (χ3n) is 8.28. The smallest absolute Gasteiger partial charge is 0.350 e. The highest BCUT2D eigenvalue weighted by Crippen LogP contribution is 2.56. The van der Waals surface area contributed by atoms with E-state index in [1.165, 1.54) is 11.2 Å². The minimum atomic E-state index is -4.63. The van der Waals surface area contributed by atoms with Crippen LogP contribution in [0.4, 0.5) is 30.6 Å². The Balaban J connectivity index is 1.49.